The van der Waals surface area contributed by atoms with Crippen LogP contribution in [0.5, 0.6) is 0 Å². The summed E-state index contributed by atoms with van der Waals surface area (Å²) in [6.07, 6.45) is 0.905. The van der Waals surface area contributed by atoms with Crippen molar-refractivity contribution in [3.63, 3.8) is 0 Å². The van der Waals surface area contributed by atoms with Gasteiger partial charge in [0.15, 0.2) is 0 Å². The van der Waals surface area contributed by atoms with E-state index in [2.05, 4.69) is 21.8 Å². The van der Waals surface area contributed by atoms with E-state index in [4.69, 9.17) is 0 Å². The first-order valence-electron chi connectivity index (χ1n) is 6.18. The minimum Gasteiger partial charge on any atom is -0.316 e. The molecule has 5 nitrogen and oxygen atoms in total. The van der Waals surface area contributed by atoms with Gasteiger partial charge in [0.05, 0.1) is 11.0 Å². The lowest BCUT2D eigenvalue weighted by molar-refractivity contribution is 0.269. The van der Waals surface area contributed by atoms with E-state index in [1.54, 1.807) is 0 Å². The fraction of sp³-hybridized carbons (Fsp3) is 0.385. The molecule has 0 amide bonds. The number of nitrogens with one attached hydrogen (secondary N) is 2. The van der Waals surface area contributed by atoms with Crippen LogP contribution in [0.3, 0.4) is 0 Å². The molecule has 6 heteroatoms. The highest BCUT2D eigenvalue weighted by Crippen LogP contribution is 2.24. The molecule has 1 aromatic heterocycles. The van der Waals surface area contributed by atoms with E-state index in [1.807, 2.05) is 12.1 Å². The molecule has 0 spiro atoms. The van der Waals surface area contributed by atoms with Crippen LogP contribution in [0.1, 0.15) is 18.1 Å². The van der Waals surface area contributed by atoms with Gasteiger partial charge in [0, 0.05) is 13.1 Å². The number of rotatable bonds is 1. The summed E-state index contributed by atoms with van der Waals surface area (Å²) in [5, 5.41) is 0. The summed E-state index contributed by atoms with van der Waals surface area (Å²) >= 11 is 0. The average Bonchev–Trinajstić information content (AvgIpc) is 2.39. The zero-order chi connectivity index (χ0) is 12.7. The van der Waals surface area contributed by atoms with Crippen LogP contribution < -0.4 is 11.1 Å². The van der Waals surface area contributed by atoms with E-state index in [0.717, 1.165) is 37.1 Å². The zero-order valence-corrected chi connectivity index (χ0v) is 11.5. The van der Waals surface area contributed by atoms with Crippen LogP contribution in [0.15, 0.2) is 21.7 Å². The highest BCUT2D eigenvalue weighted by atomic mass is 35.5. The maximum Gasteiger partial charge on any atom is 0.314 e. The molecule has 0 unspecified atom stereocenters. The van der Waals surface area contributed by atoms with Gasteiger partial charge in [0.1, 0.15) is 0 Å². The van der Waals surface area contributed by atoms with Crippen molar-refractivity contribution in [1.29, 1.82) is 0 Å². The molecule has 0 bridgehead atoms. The molecular weight excluding hydrogens is 266 g/mol. The van der Waals surface area contributed by atoms with Gasteiger partial charge in [-0.15, -0.1) is 12.4 Å². The number of benzene rings is 1. The first kappa shape index (κ1) is 13.8. The van der Waals surface area contributed by atoms with Crippen molar-refractivity contribution in [2.45, 2.75) is 19.9 Å². The molecule has 1 aliphatic rings. The summed E-state index contributed by atoms with van der Waals surface area (Å²) in [5.74, 6) is 0. The largest absolute Gasteiger partial charge is 0.316 e. The van der Waals surface area contributed by atoms with E-state index in [1.165, 1.54) is 5.56 Å². The Morgan fingerprint density at radius 3 is 2.68 bits per heavy atom. The smallest absolute Gasteiger partial charge is 0.314 e. The van der Waals surface area contributed by atoms with Crippen LogP contribution in [0, 0.1) is 0 Å². The Morgan fingerprint density at radius 2 is 1.95 bits per heavy atom. The molecule has 0 radical (unpaired) electrons. The highest BCUT2D eigenvalue weighted by molar-refractivity contribution is 5.85. The topological polar surface area (TPSA) is 69.0 Å². The van der Waals surface area contributed by atoms with E-state index in [-0.39, 0.29) is 12.4 Å². The molecule has 0 aliphatic carbocycles. The Morgan fingerprint density at radius 1 is 1.21 bits per heavy atom. The lowest BCUT2D eigenvalue weighted by Crippen LogP contribution is -2.32. The second kappa shape index (κ2) is 5.19. The molecule has 0 saturated heterocycles. The summed E-state index contributed by atoms with van der Waals surface area (Å²) in [7, 11) is 0. The Hall–Kier alpha value is -1.59. The number of aromatic nitrogens is 2. The van der Waals surface area contributed by atoms with Gasteiger partial charge in [-0.2, -0.15) is 0 Å². The van der Waals surface area contributed by atoms with Crippen molar-refractivity contribution in [3.8, 4) is 0 Å². The van der Waals surface area contributed by atoms with Crippen LogP contribution in [0.25, 0.3) is 11.0 Å². The number of likely N-dealkylation sites (N-methyl/N-ethyl adjacent to an activating group) is 1. The SMILES string of the molecule is CCN1CCc2c(ccc3[nH]c(=O)c(=O)[nH]c23)C1.Cl. The maximum atomic E-state index is 11.4. The summed E-state index contributed by atoms with van der Waals surface area (Å²) in [5.41, 5.74) is 2.72. The van der Waals surface area contributed by atoms with Crippen molar-refractivity contribution >= 4 is 23.4 Å². The first-order valence-corrected chi connectivity index (χ1v) is 6.18. The number of aromatic amines is 2. The van der Waals surface area contributed by atoms with Gasteiger partial charge < -0.3 is 9.97 Å². The Bertz CT molecular complexity index is 720. The second-order valence-corrected chi connectivity index (χ2v) is 4.65. The van der Waals surface area contributed by atoms with Gasteiger partial charge in [-0.3, -0.25) is 14.5 Å². The molecule has 19 heavy (non-hydrogen) atoms. The van der Waals surface area contributed by atoms with Crippen molar-refractivity contribution in [2.24, 2.45) is 0 Å². The third-order valence-electron chi connectivity index (χ3n) is 3.62. The first-order chi connectivity index (χ1) is 8.69. The van der Waals surface area contributed by atoms with Gasteiger partial charge in [-0.05, 0) is 30.2 Å². The van der Waals surface area contributed by atoms with E-state index < -0.39 is 11.1 Å². The van der Waals surface area contributed by atoms with Crippen LogP contribution in [-0.2, 0) is 13.0 Å². The maximum absolute atomic E-state index is 11.4. The summed E-state index contributed by atoms with van der Waals surface area (Å²) in [4.78, 5) is 30.4. The number of fused-ring (bicyclic) bond motifs is 3. The van der Waals surface area contributed by atoms with Crippen LogP contribution in [0.2, 0.25) is 0 Å². The molecule has 2 heterocycles. The van der Waals surface area contributed by atoms with E-state index >= 15 is 0 Å². The van der Waals surface area contributed by atoms with E-state index in [0.29, 0.717) is 5.52 Å². The predicted molar refractivity (Wildman–Crippen MR) is 77.1 cm³/mol. The Balaban J connectivity index is 0.00000133. The number of hydrogen-bond donors (Lipinski definition) is 2. The second-order valence-electron chi connectivity index (χ2n) is 4.65. The average molecular weight is 282 g/mol. The van der Waals surface area contributed by atoms with Crippen LogP contribution >= 0.6 is 12.4 Å². The molecule has 1 aliphatic heterocycles. The Kier molecular flexibility index (Phi) is 3.78. The quantitative estimate of drug-likeness (QED) is 0.767. The van der Waals surface area contributed by atoms with Crippen molar-refractivity contribution in [2.75, 3.05) is 13.1 Å². The monoisotopic (exact) mass is 281 g/mol. The summed E-state index contributed by atoms with van der Waals surface area (Å²) in [6, 6.07) is 3.90. The number of H-pyrrole nitrogens is 2. The van der Waals surface area contributed by atoms with E-state index in [9.17, 15) is 9.59 Å². The van der Waals surface area contributed by atoms with Gasteiger partial charge in [-0.25, -0.2) is 0 Å². The fourth-order valence-corrected chi connectivity index (χ4v) is 2.58. The zero-order valence-electron chi connectivity index (χ0n) is 10.7. The molecule has 0 saturated carbocycles. The number of halogens is 1. The lowest BCUT2D eigenvalue weighted by Gasteiger charge is -2.28. The van der Waals surface area contributed by atoms with Crippen molar-refractivity contribution in [3.05, 3.63) is 44.0 Å². The van der Waals surface area contributed by atoms with Gasteiger partial charge >= 0.3 is 11.1 Å². The molecule has 3 rings (SSSR count). The normalized spacial score (nSPS) is 15.0. The third-order valence-corrected chi connectivity index (χ3v) is 3.62. The summed E-state index contributed by atoms with van der Waals surface area (Å²) < 4.78 is 0. The minimum atomic E-state index is -0.589. The number of nitrogens with zero attached hydrogens (tertiary/aromatic N) is 1. The minimum absolute atomic E-state index is 0. The predicted octanol–water partition coefficient (Wildman–Crippen LogP) is 1.02. The molecule has 2 N–H and O–H groups in total. The van der Waals surface area contributed by atoms with Crippen molar-refractivity contribution in [1.82, 2.24) is 14.9 Å². The van der Waals surface area contributed by atoms with Gasteiger partial charge in [-0.1, -0.05) is 13.0 Å². The molecule has 0 fully saturated rings. The third kappa shape index (κ3) is 2.31. The van der Waals surface area contributed by atoms with Gasteiger partial charge in [0.2, 0.25) is 0 Å². The Labute approximate surface area is 116 Å². The molecular formula is C13H16ClN3O2. The van der Waals surface area contributed by atoms with Crippen molar-refractivity contribution < 1.29 is 0 Å². The molecule has 102 valence electrons. The molecule has 1 aromatic carbocycles. The fourth-order valence-electron chi connectivity index (χ4n) is 2.58. The summed E-state index contributed by atoms with van der Waals surface area (Å²) in [6.45, 7) is 5.07. The van der Waals surface area contributed by atoms with Crippen LogP contribution in [0.4, 0.5) is 0 Å². The van der Waals surface area contributed by atoms with Gasteiger partial charge in [0.25, 0.3) is 0 Å². The molecule has 0 atom stereocenters. The standard InChI is InChI=1S/C13H15N3O2.ClH/c1-2-16-6-5-9-8(7-16)3-4-10-11(9)15-13(18)12(17)14-10;/h3-4H,2,5-7H2,1H3,(H,14,17)(H,15,18);1H. The number of hydrogen-bond acceptors (Lipinski definition) is 3. The lowest BCUT2D eigenvalue weighted by atomic mass is 9.98. The highest BCUT2D eigenvalue weighted by Gasteiger charge is 2.17. The van der Waals surface area contributed by atoms with Crippen LogP contribution in [-0.4, -0.2) is 28.0 Å². The molecule has 2 aromatic rings.